The van der Waals surface area contributed by atoms with E-state index in [1.165, 1.54) is 0 Å². The normalized spacial score (nSPS) is 23.3. The lowest BCUT2D eigenvalue weighted by molar-refractivity contribution is 0.0487. The van der Waals surface area contributed by atoms with Crippen LogP contribution in [0.4, 0.5) is 5.69 Å². The lowest BCUT2D eigenvalue weighted by Crippen LogP contribution is -2.33. The number of hydrogen-bond donors (Lipinski definition) is 2. The average Bonchev–Trinajstić information content (AvgIpc) is 2.23. The van der Waals surface area contributed by atoms with Crippen molar-refractivity contribution in [3.8, 4) is 6.07 Å². The fraction of sp³-hybridized carbons (Fsp3) is 0.417. The maximum atomic E-state index is 9.17. The third kappa shape index (κ3) is 2.55. The van der Waals surface area contributed by atoms with Crippen LogP contribution in [0.3, 0.4) is 0 Å². The van der Waals surface area contributed by atoms with Crippen LogP contribution in [-0.4, -0.2) is 17.8 Å². The first-order valence-electron chi connectivity index (χ1n) is 5.30. The highest BCUT2D eigenvalue weighted by Crippen LogP contribution is 2.28. The molecule has 0 aromatic heterocycles. The summed E-state index contributed by atoms with van der Waals surface area (Å²) in [5.74, 6) is 0.528. The van der Waals surface area contributed by atoms with Crippen molar-refractivity contribution in [2.75, 3.05) is 11.9 Å². The van der Waals surface area contributed by atoms with Gasteiger partial charge in [-0.25, -0.2) is 0 Å². The number of nitriles is 1. The minimum atomic E-state index is -0.121. The molecule has 1 fully saturated rings. The molecule has 0 bridgehead atoms. The Morgan fingerprint density at radius 2 is 2.25 bits per heavy atom. The molecule has 1 saturated carbocycles. The molecule has 1 aromatic carbocycles. The number of nitrogens with one attached hydrogen (secondary N) is 1. The fourth-order valence-electron chi connectivity index (χ4n) is 1.88. The lowest BCUT2D eigenvalue weighted by atomic mass is 9.82. The highest BCUT2D eigenvalue weighted by atomic mass is 79.9. The number of anilines is 1. The van der Waals surface area contributed by atoms with Crippen LogP contribution in [-0.2, 0) is 0 Å². The van der Waals surface area contributed by atoms with Gasteiger partial charge in [0.1, 0.15) is 6.07 Å². The molecule has 0 spiro atoms. The standard InChI is InChI=1S/C12H13BrN2O/c13-10-2-1-9(6-14)12(5-10)15-7-8-3-11(16)4-8/h1-2,5,8,11,15-16H,3-4,7H2. The van der Waals surface area contributed by atoms with Gasteiger partial charge in [-0.1, -0.05) is 15.9 Å². The second-order valence-electron chi connectivity index (χ2n) is 4.17. The highest BCUT2D eigenvalue weighted by Gasteiger charge is 2.26. The molecule has 1 aliphatic rings. The number of benzene rings is 1. The van der Waals surface area contributed by atoms with Crippen molar-refractivity contribution in [3.63, 3.8) is 0 Å². The van der Waals surface area contributed by atoms with E-state index in [9.17, 15) is 5.11 Å². The molecule has 4 heteroatoms. The lowest BCUT2D eigenvalue weighted by Gasteiger charge is -2.31. The maximum Gasteiger partial charge on any atom is 0.101 e. The van der Waals surface area contributed by atoms with E-state index in [0.29, 0.717) is 11.5 Å². The molecule has 0 saturated heterocycles. The molecule has 0 amide bonds. The van der Waals surface area contributed by atoms with Crippen molar-refractivity contribution >= 4 is 21.6 Å². The largest absolute Gasteiger partial charge is 0.393 e. The number of hydrogen-bond acceptors (Lipinski definition) is 3. The second kappa shape index (κ2) is 4.86. The van der Waals surface area contributed by atoms with Crippen LogP contribution in [0.25, 0.3) is 0 Å². The third-order valence-electron chi connectivity index (χ3n) is 2.89. The third-order valence-corrected chi connectivity index (χ3v) is 3.39. The van der Waals surface area contributed by atoms with Crippen molar-refractivity contribution in [2.24, 2.45) is 5.92 Å². The van der Waals surface area contributed by atoms with Gasteiger partial charge >= 0.3 is 0 Å². The molecule has 0 unspecified atom stereocenters. The smallest absolute Gasteiger partial charge is 0.101 e. The topological polar surface area (TPSA) is 56.0 Å². The van der Waals surface area contributed by atoms with Crippen molar-refractivity contribution in [1.29, 1.82) is 5.26 Å². The van der Waals surface area contributed by atoms with E-state index in [1.54, 1.807) is 6.07 Å². The first-order valence-corrected chi connectivity index (χ1v) is 6.10. The Morgan fingerprint density at radius 1 is 1.50 bits per heavy atom. The van der Waals surface area contributed by atoms with Crippen LogP contribution in [0.15, 0.2) is 22.7 Å². The van der Waals surface area contributed by atoms with E-state index in [4.69, 9.17) is 5.26 Å². The van der Waals surface area contributed by atoms with Gasteiger partial charge < -0.3 is 10.4 Å². The second-order valence-corrected chi connectivity index (χ2v) is 5.09. The van der Waals surface area contributed by atoms with Gasteiger partial charge in [-0.15, -0.1) is 0 Å². The summed E-state index contributed by atoms with van der Waals surface area (Å²) in [6, 6.07) is 7.72. The highest BCUT2D eigenvalue weighted by molar-refractivity contribution is 9.10. The van der Waals surface area contributed by atoms with Crippen LogP contribution in [0.5, 0.6) is 0 Å². The Labute approximate surface area is 103 Å². The summed E-state index contributed by atoms with van der Waals surface area (Å²) >= 11 is 3.38. The summed E-state index contributed by atoms with van der Waals surface area (Å²) < 4.78 is 0.961. The zero-order valence-corrected chi connectivity index (χ0v) is 10.4. The van der Waals surface area contributed by atoms with Gasteiger partial charge in [0.15, 0.2) is 0 Å². The van der Waals surface area contributed by atoms with E-state index in [2.05, 4.69) is 27.3 Å². The molecule has 0 heterocycles. The van der Waals surface area contributed by atoms with Gasteiger partial charge in [0, 0.05) is 11.0 Å². The predicted octanol–water partition coefficient (Wildman–Crippen LogP) is 2.50. The molecule has 2 rings (SSSR count). The summed E-state index contributed by atoms with van der Waals surface area (Å²) in [6.45, 7) is 0.822. The monoisotopic (exact) mass is 280 g/mol. The van der Waals surface area contributed by atoms with E-state index in [0.717, 1.165) is 29.5 Å². The molecule has 84 valence electrons. The maximum absolute atomic E-state index is 9.17. The Morgan fingerprint density at radius 3 is 2.88 bits per heavy atom. The van der Waals surface area contributed by atoms with Crippen LogP contribution in [0.2, 0.25) is 0 Å². The van der Waals surface area contributed by atoms with E-state index < -0.39 is 0 Å². The summed E-state index contributed by atoms with van der Waals surface area (Å²) in [6.07, 6.45) is 1.61. The van der Waals surface area contributed by atoms with Gasteiger partial charge in [0.2, 0.25) is 0 Å². The molecule has 2 N–H and O–H groups in total. The first kappa shape index (κ1) is 11.4. The number of aliphatic hydroxyl groups is 1. The van der Waals surface area contributed by atoms with Crippen molar-refractivity contribution in [3.05, 3.63) is 28.2 Å². The summed E-state index contributed by atoms with van der Waals surface area (Å²) in [7, 11) is 0. The Hall–Kier alpha value is -1.05. The summed E-state index contributed by atoms with van der Waals surface area (Å²) in [5.41, 5.74) is 1.52. The molecule has 1 aromatic rings. The van der Waals surface area contributed by atoms with Crippen LogP contribution < -0.4 is 5.32 Å². The van der Waals surface area contributed by atoms with Gasteiger partial charge in [-0.2, -0.15) is 5.26 Å². The number of nitrogens with zero attached hydrogens (tertiary/aromatic N) is 1. The molecule has 0 atom stereocenters. The van der Waals surface area contributed by atoms with Gasteiger partial charge in [0.05, 0.1) is 17.4 Å². The van der Waals surface area contributed by atoms with E-state index in [1.807, 2.05) is 12.1 Å². The van der Waals surface area contributed by atoms with Gasteiger partial charge in [0.25, 0.3) is 0 Å². The number of halogens is 1. The van der Waals surface area contributed by atoms with Crippen LogP contribution >= 0.6 is 15.9 Å². The summed E-state index contributed by atoms with van der Waals surface area (Å²) in [5, 5.41) is 21.4. The molecular formula is C12H13BrN2O. The Balaban J connectivity index is 1.98. The minimum Gasteiger partial charge on any atom is -0.393 e. The fourth-order valence-corrected chi connectivity index (χ4v) is 2.24. The average molecular weight is 281 g/mol. The van der Waals surface area contributed by atoms with Gasteiger partial charge in [-0.05, 0) is 37.0 Å². The summed E-state index contributed by atoms with van der Waals surface area (Å²) in [4.78, 5) is 0. The molecule has 3 nitrogen and oxygen atoms in total. The number of aliphatic hydroxyl groups excluding tert-OH is 1. The molecule has 16 heavy (non-hydrogen) atoms. The Bertz CT molecular complexity index is 422. The Kier molecular flexibility index (Phi) is 3.47. The molecule has 1 aliphatic carbocycles. The van der Waals surface area contributed by atoms with Crippen molar-refractivity contribution < 1.29 is 5.11 Å². The molecule has 0 aliphatic heterocycles. The molecule has 0 radical (unpaired) electrons. The van der Waals surface area contributed by atoms with Crippen LogP contribution in [0.1, 0.15) is 18.4 Å². The first-order chi connectivity index (χ1) is 7.69. The minimum absolute atomic E-state index is 0.121. The quantitative estimate of drug-likeness (QED) is 0.895. The number of rotatable bonds is 3. The predicted molar refractivity (Wildman–Crippen MR) is 66.1 cm³/mol. The van der Waals surface area contributed by atoms with Crippen LogP contribution in [0, 0.1) is 17.2 Å². The van der Waals surface area contributed by atoms with Crippen molar-refractivity contribution in [2.45, 2.75) is 18.9 Å². The van der Waals surface area contributed by atoms with Crippen molar-refractivity contribution in [1.82, 2.24) is 0 Å². The zero-order chi connectivity index (χ0) is 11.5. The van der Waals surface area contributed by atoms with E-state index in [-0.39, 0.29) is 6.10 Å². The van der Waals surface area contributed by atoms with E-state index >= 15 is 0 Å². The molecular weight excluding hydrogens is 268 g/mol. The SMILES string of the molecule is N#Cc1ccc(Br)cc1NCC1CC(O)C1. The zero-order valence-electron chi connectivity index (χ0n) is 8.78. The van der Waals surface area contributed by atoms with Gasteiger partial charge in [-0.3, -0.25) is 0 Å².